The fraction of sp³-hybridized carbons (Fsp3) is 0.529. The lowest BCUT2D eigenvalue weighted by Gasteiger charge is -2.26. The number of nitrogens with one attached hydrogen (secondary N) is 2. The number of rotatable bonds is 7. The Morgan fingerprint density at radius 3 is 2.45 bits per heavy atom. The molecule has 0 unspecified atom stereocenters. The summed E-state index contributed by atoms with van der Waals surface area (Å²) < 4.78 is 0. The van der Waals surface area contributed by atoms with Crippen LogP contribution in [0.2, 0.25) is 0 Å². The molecule has 0 aliphatic carbocycles. The van der Waals surface area contributed by atoms with Gasteiger partial charge in [-0.1, -0.05) is 24.6 Å². The van der Waals surface area contributed by atoms with E-state index >= 15 is 0 Å². The average molecular weight is 303 g/mol. The number of piperidine rings is 1. The highest BCUT2D eigenvalue weighted by Gasteiger charge is 2.10. The van der Waals surface area contributed by atoms with Crippen molar-refractivity contribution in [2.24, 2.45) is 0 Å². The first-order chi connectivity index (χ1) is 10.8. The fourth-order valence-electron chi connectivity index (χ4n) is 2.63. The lowest BCUT2D eigenvalue weighted by atomic mass is 10.1. The van der Waals surface area contributed by atoms with Gasteiger partial charge >= 0.3 is 0 Å². The van der Waals surface area contributed by atoms with Crippen molar-refractivity contribution in [2.45, 2.75) is 25.7 Å². The van der Waals surface area contributed by atoms with E-state index in [2.05, 4.69) is 15.5 Å². The third-order valence-corrected chi connectivity index (χ3v) is 3.87. The summed E-state index contributed by atoms with van der Waals surface area (Å²) in [5.41, 5.74) is 0.570. The molecule has 1 saturated heterocycles. The van der Waals surface area contributed by atoms with E-state index in [1.165, 1.54) is 32.4 Å². The summed E-state index contributed by atoms with van der Waals surface area (Å²) in [7, 11) is 0. The molecule has 0 bridgehead atoms. The molecule has 1 aromatic rings. The van der Waals surface area contributed by atoms with E-state index in [0.717, 1.165) is 13.0 Å². The van der Waals surface area contributed by atoms with Crippen molar-refractivity contribution in [3.05, 3.63) is 35.9 Å². The van der Waals surface area contributed by atoms with Crippen LogP contribution in [0.15, 0.2) is 30.3 Å². The number of likely N-dealkylation sites (tertiary alicyclic amines) is 1. The molecule has 1 fully saturated rings. The first-order valence-corrected chi connectivity index (χ1v) is 8.08. The van der Waals surface area contributed by atoms with Crippen LogP contribution in [0.25, 0.3) is 0 Å². The van der Waals surface area contributed by atoms with E-state index in [0.29, 0.717) is 12.1 Å². The fourth-order valence-corrected chi connectivity index (χ4v) is 2.63. The van der Waals surface area contributed by atoms with Gasteiger partial charge in [-0.05, 0) is 51.0 Å². The largest absolute Gasteiger partial charge is 0.355 e. The smallest absolute Gasteiger partial charge is 0.251 e. The zero-order valence-corrected chi connectivity index (χ0v) is 13.0. The first kappa shape index (κ1) is 16.5. The number of hydrogen-bond acceptors (Lipinski definition) is 3. The average Bonchev–Trinajstić information content (AvgIpc) is 2.58. The third-order valence-electron chi connectivity index (χ3n) is 3.87. The van der Waals surface area contributed by atoms with Crippen molar-refractivity contribution < 1.29 is 9.59 Å². The molecule has 0 radical (unpaired) electrons. The van der Waals surface area contributed by atoms with Gasteiger partial charge in [0.2, 0.25) is 5.91 Å². The van der Waals surface area contributed by atoms with Gasteiger partial charge in [-0.3, -0.25) is 9.59 Å². The van der Waals surface area contributed by atoms with E-state index < -0.39 is 0 Å². The van der Waals surface area contributed by atoms with Crippen LogP contribution in [-0.4, -0.2) is 49.4 Å². The van der Waals surface area contributed by atoms with Gasteiger partial charge in [-0.15, -0.1) is 0 Å². The highest BCUT2D eigenvalue weighted by molar-refractivity contribution is 5.96. The van der Waals surface area contributed by atoms with Gasteiger partial charge < -0.3 is 15.5 Å². The highest BCUT2D eigenvalue weighted by atomic mass is 16.2. The van der Waals surface area contributed by atoms with E-state index in [1.54, 1.807) is 24.3 Å². The second-order valence-corrected chi connectivity index (χ2v) is 5.65. The van der Waals surface area contributed by atoms with Gasteiger partial charge in [-0.2, -0.15) is 0 Å². The Balaban J connectivity index is 1.55. The maximum atomic E-state index is 11.8. The zero-order valence-electron chi connectivity index (χ0n) is 13.0. The van der Waals surface area contributed by atoms with Crippen LogP contribution in [0.5, 0.6) is 0 Å². The minimum absolute atomic E-state index is 0.0252. The van der Waals surface area contributed by atoms with E-state index in [9.17, 15) is 9.59 Å². The van der Waals surface area contributed by atoms with Gasteiger partial charge in [0.15, 0.2) is 0 Å². The van der Waals surface area contributed by atoms with Crippen LogP contribution in [-0.2, 0) is 4.79 Å². The minimum atomic E-state index is -0.218. The molecule has 0 aromatic heterocycles. The molecule has 0 atom stereocenters. The van der Waals surface area contributed by atoms with E-state index in [1.807, 2.05) is 6.07 Å². The monoisotopic (exact) mass is 303 g/mol. The van der Waals surface area contributed by atoms with Gasteiger partial charge in [-0.25, -0.2) is 0 Å². The van der Waals surface area contributed by atoms with Gasteiger partial charge in [0.1, 0.15) is 0 Å². The summed E-state index contributed by atoms with van der Waals surface area (Å²) in [5.74, 6) is -0.355. The van der Waals surface area contributed by atoms with Crippen LogP contribution in [0.3, 0.4) is 0 Å². The van der Waals surface area contributed by atoms with Crippen LogP contribution in [0, 0.1) is 0 Å². The molecule has 1 aliphatic heterocycles. The number of carbonyl (C=O) groups is 2. The van der Waals surface area contributed by atoms with Crippen molar-refractivity contribution >= 4 is 11.8 Å². The molecular weight excluding hydrogens is 278 g/mol. The Bertz CT molecular complexity index is 470. The molecule has 2 amide bonds. The predicted molar refractivity (Wildman–Crippen MR) is 86.7 cm³/mol. The second-order valence-electron chi connectivity index (χ2n) is 5.65. The van der Waals surface area contributed by atoms with Crippen molar-refractivity contribution in [2.75, 3.05) is 32.7 Å². The number of carbonyl (C=O) groups excluding carboxylic acids is 2. The summed E-state index contributed by atoms with van der Waals surface area (Å²) >= 11 is 0. The highest BCUT2D eigenvalue weighted by Crippen LogP contribution is 2.08. The van der Waals surface area contributed by atoms with Crippen LogP contribution >= 0.6 is 0 Å². The number of nitrogens with zero attached hydrogens (tertiary/aromatic N) is 1. The van der Waals surface area contributed by atoms with Crippen molar-refractivity contribution in [3.8, 4) is 0 Å². The first-order valence-electron chi connectivity index (χ1n) is 8.08. The van der Waals surface area contributed by atoms with Crippen molar-refractivity contribution in [1.29, 1.82) is 0 Å². The number of hydrogen-bond donors (Lipinski definition) is 2. The van der Waals surface area contributed by atoms with E-state index in [-0.39, 0.29) is 18.4 Å². The minimum Gasteiger partial charge on any atom is -0.355 e. The van der Waals surface area contributed by atoms with Gasteiger partial charge in [0.05, 0.1) is 6.54 Å². The summed E-state index contributed by atoms with van der Waals surface area (Å²) in [6, 6.07) is 8.91. The molecule has 0 saturated carbocycles. The Labute approximate surface area is 132 Å². The van der Waals surface area contributed by atoms with Gasteiger partial charge in [0, 0.05) is 12.1 Å². The van der Waals surface area contributed by atoms with Crippen molar-refractivity contribution in [3.63, 3.8) is 0 Å². The number of benzene rings is 1. The topological polar surface area (TPSA) is 61.4 Å². The molecule has 1 heterocycles. The third kappa shape index (κ3) is 5.85. The van der Waals surface area contributed by atoms with E-state index in [4.69, 9.17) is 0 Å². The molecule has 5 heteroatoms. The maximum absolute atomic E-state index is 11.8. The second kappa shape index (κ2) is 9.20. The van der Waals surface area contributed by atoms with Crippen LogP contribution in [0.4, 0.5) is 0 Å². The lowest BCUT2D eigenvalue weighted by molar-refractivity contribution is -0.120. The molecule has 5 nitrogen and oxygen atoms in total. The zero-order chi connectivity index (χ0) is 15.6. The predicted octanol–water partition coefficient (Wildman–Crippen LogP) is 1.41. The summed E-state index contributed by atoms with van der Waals surface area (Å²) in [4.78, 5) is 25.9. The molecule has 1 aliphatic rings. The Morgan fingerprint density at radius 2 is 1.73 bits per heavy atom. The quantitative estimate of drug-likeness (QED) is 0.749. The molecule has 1 aromatic carbocycles. The normalized spacial score (nSPS) is 15.3. The molecule has 22 heavy (non-hydrogen) atoms. The van der Waals surface area contributed by atoms with Crippen LogP contribution < -0.4 is 10.6 Å². The molecular formula is C17H25N3O2. The SMILES string of the molecule is O=C(CNC(=O)c1ccccc1)NCCCN1CCCCC1. The Kier molecular flexibility index (Phi) is 6.90. The summed E-state index contributed by atoms with van der Waals surface area (Å²) in [5, 5.41) is 5.48. The van der Waals surface area contributed by atoms with Crippen molar-refractivity contribution in [1.82, 2.24) is 15.5 Å². The molecule has 120 valence electrons. The van der Waals surface area contributed by atoms with Gasteiger partial charge in [0.25, 0.3) is 5.91 Å². The molecule has 2 N–H and O–H groups in total. The Hall–Kier alpha value is -1.88. The molecule has 2 rings (SSSR count). The lowest BCUT2D eigenvalue weighted by Crippen LogP contribution is -2.38. The maximum Gasteiger partial charge on any atom is 0.251 e. The Morgan fingerprint density at radius 1 is 1.00 bits per heavy atom. The van der Waals surface area contributed by atoms with Crippen LogP contribution in [0.1, 0.15) is 36.0 Å². The standard InChI is InChI=1S/C17H25N3O2/c21-16(14-19-17(22)15-8-3-1-4-9-15)18-10-7-13-20-11-5-2-6-12-20/h1,3-4,8-9H,2,5-7,10-14H2,(H,18,21)(H,19,22). The summed E-state index contributed by atoms with van der Waals surface area (Å²) in [6.45, 7) is 4.09. The molecule has 0 spiro atoms. The summed E-state index contributed by atoms with van der Waals surface area (Å²) in [6.07, 6.45) is 4.88. The number of amides is 2.